The zero-order chi connectivity index (χ0) is 10.6. The molecule has 0 spiro atoms. The Hall–Kier alpha value is -1.14. The third kappa shape index (κ3) is 2.02. The first-order chi connectivity index (χ1) is 6.74. The number of nitrogens with two attached hydrogens (primary N) is 1. The first-order valence-electron chi connectivity index (χ1n) is 4.77. The molecule has 80 valence electrons. The molecule has 0 fully saturated rings. The Balaban J connectivity index is 2.94. The Morgan fingerprint density at radius 2 is 2.21 bits per heavy atom. The average molecular weight is 199 g/mol. The van der Waals surface area contributed by atoms with E-state index in [0.717, 1.165) is 13.1 Å². The van der Waals surface area contributed by atoms with Crippen LogP contribution in [-0.2, 0) is 6.54 Å². The van der Waals surface area contributed by atoms with Crippen LogP contribution < -0.4 is 11.1 Å². The monoisotopic (exact) mass is 199 g/mol. The third-order valence-corrected chi connectivity index (χ3v) is 1.96. The summed E-state index contributed by atoms with van der Waals surface area (Å²) in [6, 6.07) is -0.463. The number of nitrogens with one attached hydrogen (secondary N) is 1. The van der Waals surface area contributed by atoms with E-state index in [1.165, 1.54) is 0 Å². The Morgan fingerprint density at radius 1 is 1.50 bits per heavy atom. The molecule has 1 rings (SSSR count). The second-order valence-electron chi connectivity index (χ2n) is 2.95. The smallest absolute Gasteiger partial charge is 0.224 e. The molecule has 0 amide bonds. The number of hydrogen-bond donors (Lipinski definition) is 3. The Morgan fingerprint density at radius 3 is 2.71 bits per heavy atom. The second kappa shape index (κ2) is 4.92. The van der Waals surface area contributed by atoms with Crippen molar-refractivity contribution in [1.29, 1.82) is 0 Å². The van der Waals surface area contributed by atoms with Gasteiger partial charge in [0.05, 0.1) is 12.6 Å². The van der Waals surface area contributed by atoms with Gasteiger partial charge in [0.25, 0.3) is 0 Å². The van der Waals surface area contributed by atoms with Gasteiger partial charge in [0, 0.05) is 13.1 Å². The minimum atomic E-state index is -0.463. The Labute approximate surface area is 83.1 Å². The molecule has 4 N–H and O–H groups in total. The van der Waals surface area contributed by atoms with Gasteiger partial charge in [-0.05, 0) is 13.8 Å². The van der Waals surface area contributed by atoms with E-state index < -0.39 is 6.04 Å². The molecule has 0 saturated heterocycles. The lowest BCUT2D eigenvalue weighted by atomic mass is 10.3. The van der Waals surface area contributed by atoms with E-state index >= 15 is 0 Å². The van der Waals surface area contributed by atoms with Gasteiger partial charge in [-0.25, -0.2) is 0 Å². The summed E-state index contributed by atoms with van der Waals surface area (Å²) in [5.41, 5.74) is 5.68. The highest BCUT2D eigenvalue weighted by atomic mass is 16.3. The normalized spacial score (nSPS) is 12.9. The van der Waals surface area contributed by atoms with Gasteiger partial charge in [-0.1, -0.05) is 0 Å². The van der Waals surface area contributed by atoms with E-state index in [2.05, 4.69) is 15.5 Å². The van der Waals surface area contributed by atoms with Gasteiger partial charge >= 0.3 is 0 Å². The van der Waals surface area contributed by atoms with Crippen molar-refractivity contribution in [2.75, 3.05) is 18.5 Å². The molecule has 0 radical (unpaired) electrons. The lowest BCUT2D eigenvalue weighted by Crippen LogP contribution is -2.20. The quantitative estimate of drug-likeness (QED) is 0.607. The molecule has 0 aliphatic rings. The van der Waals surface area contributed by atoms with Crippen molar-refractivity contribution in [1.82, 2.24) is 14.8 Å². The number of aromatic nitrogens is 3. The molecule has 1 atom stereocenters. The molecule has 6 nitrogen and oxygen atoms in total. The summed E-state index contributed by atoms with van der Waals surface area (Å²) < 4.78 is 1.87. The summed E-state index contributed by atoms with van der Waals surface area (Å²) in [7, 11) is 0. The Bertz CT molecular complexity index is 285. The maximum Gasteiger partial charge on any atom is 0.224 e. The lowest BCUT2D eigenvalue weighted by Gasteiger charge is -2.11. The maximum absolute atomic E-state index is 8.92. The molecule has 1 aromatic rings. The number of hydrogen-bond acceptors (Lipinski definition) is 5. The Kier molecular flexibility index (Phi) is 3.84. The fourth-order valence-electron chi connectivity index (χ4n) is 1.27. The van der Waals surface area contributed by atoms with E-state index in [1.54, 1.807) is 0 Å². The summed E-state index contributed by atoms with van der Waals surface area (Å²) in [6.07, 6.45) is 0. The molecule has 0 aromatic carbocycles. The first-order valence-corrected chi connectivity index (χ1v) is 4.77. The SMILES string of the molecule is CCNc1nnc(C(N)CO)n1CC. The molecule has 0 saturated carbocycles. The van der Waals surface area contributed by atoms with Crippen molar-refractivity contribution in [2.24, 2.45) is 5.73 Å². The summed E-state index contributed by atoms with van der Waals surface area (Å²) >= 11 is 0. The zero-order valence-electron chi connectivity index (χ0n) is 8.56. The van der Waals surface area contributed by atoms with E-state index in [4.69, 9.17) is 10.8 Å². The minimum Gasteiger partial charge on any atom is -0.394 e. The highest BCUT2D eigenvalue weighted by Crippen LogP contribution is 2.12. The van der Waals surface area contributed by atoms with Crippen molar-refractivity contribution >= 4 is 5.95 Å². The maximum atomic E-state index is 8.92. The van der Waals surface area contributed by atoms with Crippen LogP contribution in [-0.4, -0.2) is 33.0 Å². The minimum absolute atomic E-state index is 0.121. The fraction of sp³-hybridized carbons (Fsp3) is 0.750. The first kappa shape index (κ1) is 10.9. The van der Waals surface area contributed by atoms with Crippen molar-refractivity contribution in [2.45, 2.75) is 26.4 Å². The number of aliphatic hydroxyl groups is 1. The molecule has 14 heavy (non-hydrogen) atoms. The number of aliphatic hydroxyl groups excluding tert-OH is 1. The van der Waals surface area contributed by atoms with Crippen LogP contribution >= 0.6 is 0 Å². The van der Waals surface area contributed by atoms with Crippen LogP contribution in [0.5, 0.6) is 0 Å². The van der Waals surface area contributed by atoms with Gasteiger partial charge in [-0.3, -0.25) is 4.57 Å². The largest absolute Gasteiger partial charge is 0.394 e. The second-order valence-corrected chi connectivity index (χ2v) is 2.95. The van der Waals surface area contributed by atoms with Gasteiger partial charge in [0.2, 0.25) is 5.95 Å². The highest BCUT2D eigenvalue weighted by molar-refractivity contribution is 5.26. The molecule has 1 heterocycles. The van der Waals surface area contributed by atoms with Crippen molar-refractivity contribution in [3.05, 3.63) is 5.82 Å². The predicted octanol–water partition coefficient (Wildman–Crippen LogP) is -0.278. The molecule has 1 unspecified atom stereocenters. The molecule has 1 aromatic heterocycles. The molecule has 0 aliphatic heterocycles. The molecule has 0 bridgehead atoms. The van der Waals surface area contributed by atoms with Gasteiger partial charge in [-0.15, -0.1) is 10.2 Å². The fourth-order valence-corrected chi connectivity index (χ4v) is 1.27. The summed E-state index contributed by atoms with van der Waals surface area (Å²) in [5, 5.41) is 19.9. The van der Waals surface area contributed by atoms with Gasteiger partial charge in [0.1, 0.15) is 0 Å². The molecule has 0 aliphatic carbocycles. The van der Waals surface area contributed by atoms with Crippen LogP contribution in [0.2, 0.25) is 0 Å². The topological polar surface area (TPSA) is 89.0 Å². The molecular weight excluding hydrogens is 182 g/mol. The number of rotatable bonds is 5. The summed E-state index contributed by atoms with van der Waals surface area (Å²) in [6.45, 7) is 5.37. The van der Waals surface area contributed by atoms with Crippen molar-refractivity contribution in [3.8, 4) is 0 Å². The van der Waals surface area contributed by atoms with Crippen LogP contribution in [0.1, 0.15) is 25.7 Å². The standard InChI is InChI=1S/C8H17N5O/c1-3-10-8-12-11-7(6(9)5-14)13(8)4-2/h6,14H,3-5,9H2,1-2H3,(H,10,12). The number of nitrogens with zero attached hydrogens (tertiary/aromatic N) is 3. The van der Waals surface area contributed by atoms with Crippen LogP contribution in [0.15, 0.2) is 0 Å². The zero-order valence-corrected chi connectivity index (χ0v) is 8.56. The third-order valence-electron chi connectivity index (χ3n) is 1.96. The van der Waals surface area contributed by atoms with Crippen LogP contribution in [0.3, 0.4) is 0 Å². The average Bonchev–Trinajstić information content (AvgIpc) is 2.60. The van der Waals surface area contributed by atoms with Gasteiger partial charge in [0.15, 0.2) is 5.82 Å². The van der Waals surface area contributed by atoms with Crippen LogP contribution in [0, 0.1) is 0 Å². The van der Waals surface area contributed by atoms with E-state index in [-0.39, 0.29) is 6.61 Å². The van der Waals surface area contributed by atoms with E-state index in [9.17, 15) is 0 Å². The molecule has 6 heteroatoms. The molecular formula is C8H17N5O. The van der Waals surface area contributed by atoms with Gasteiger partial charge in [-0.2, -0.15) is 0 Å². The van der Waals surface area contributed by atoms with E-state index in [1.807, 2.05) is 18.4 Å². The van der Waals surface area contributed by atoms with Crippen LogP contribution in [0.4, 0.5) is 5.95 Å². The summed E-state index contributed by atoms with van der Waals surface area (Å²) in [4.78, 5) is 0. The van der Waals surface area contributed by atoms with E-state index in [0.29, 0.717) is 11.8 Å². The lowest BCUT2D eigenvalue weighted by molar-refractivity contribution is 0.260. The van der Waals surface area contributed by atoms with Crippen LogP contribution in [0.25, 0.3) is 0 Å². The predicted molar refractivity (Wildman–Crippen MR) is 53.9 cm³/mol. The van der Waals surface area contributed by atoms with Crippen molar-refractivity contribution in [3.63, 3.8) is 0 Å². The van der Waals surface area contributed by atoms with Crippen molar-refractivity contribution < 1.29 is 5.11 Å². The van der Waals surface area contributed by atoms with Gasteiger partial charge < -0.3 is 16.2 Å². The number of anilines is 1. The summed E-state index contributed by atoms with van der Waals surface area (Å²) in [5.74, 6) is 1.32. The highest BCUT2D eigenvalue weighted by Gasteiger charge is 2.15.